The highest BCUT2D eigenvalue weighted by atomic mass is 16.5. The third-order valence-electron chi connectivity index (χ3n) is 3.22. The van der Waals surface area contributed by atoms with Crippen LogP contribution in [-0.2, 0) is 4.74 Å². The van der Waals surface area contributed by atoms with Gasteiger partial charge in [0.1, 0.15) is 0 Å². The van der Waals surface area contributed by atoms with Crippen LogP contribution in [0.15, 0.2) is 0 Å². The highest BCUT2D eigenvalue weighted by molar-refractivity contribution is 4.86. The second-order valence-electron chi connectivity index (χ2n) is 4.16. The highest BCUT2D eigenvalue weighted by Crippen LogP contribution is 2.41. The van der Waals surface area contributed by atoms with Crippen LogP contribution in [0, 0.1) is 5.41 Å². The van der Waals surface area contributed by atoms with E-state index in [-0.39, 0.29) is 0 Å². The second kappa shape index (κ2) is 4.24. The number of hydrogen-bond donors (Lipinski definition) is 1. The van der Waals surface area contributed by atoms with Gasteiger partial charge < -0.3 is 10.5 Å². The molecule has 0 radical (unpaired) electrons. The Kier molecular flexibility index (Phi) is 3.53. The van der Waals surface area contributed by atoms with E-state index >= 15 is 0 Å². The molecule has 0 aromatic rings. The van der Waals surface area contributed by atoms with Crippen molar-refractivity contribution in [3.05, 3.63) is 0 Å². The van der Waals surface area contributed by atoms with Gasteiger partial charge in [-0.15, -0.1) is 0 Å². The lowest BCUT2D eigenvalue weighted by Gasteiger charge is -2.29. The first-order valence-electron chi connectivity index (χ1n) is 4.95. The molecule has 1 aliphatic carbocycles. The first-order chi connectivity index (χ1) is 5.72. The lowest BCUT2D eigenvalue weighted by atomic mass is 9.81. The van der Waals surface area contributed by atoms with Crippen molar-refractivity contribution in [1.29, 1.82) is 0 Å². The monoisotopic (exact) mass is 171 g/mol. The van der Waals surface area contributed by atoms with E-state index in [4.69, 9.17) is 10.5 Å². The molecule has 0 amide bonds. The van der Waals surface area contributed by atoms with Crippen molar-refractivity contribution in [3.8, 4) is 0 Å². The molecule has 2 nitrogen and oxygen atoms in total. The van der Waals surface area contributed by atoms with E-state index < -0.39 is 0 Å². The number of hydrogen-bond acceptors (Lipinski definition) is 2. The molecule has 72 valence electrons. The fraction of sp³-hybridized carbons (Fsp3) is 1.00. The van der Waals surface area contributed by atoms with Gasteiger partial charge in [-0.2, -0.15) is 0 Å². The maximum Gasteiger partial charge on any atom is 0.0549 e. The van der Waals surface area contributed by atoms with Crippen LogP contribution in [0.25, 0.3) is 0 Å². The van der Waals surface area contributed by atoms with Crippen LogP contribution in [-0.4, -0.2) is 19.8 Å². The van der Waals surface area contributed by atoms with Gasteiger partial charge in [0.25, 0.3) is 0 Å². The summed E-state index contributed by atoms with van der Waals surface area (Å²) in [5.74, 6) is 0. The minimum absolute atomic E-state index is 0.367. The number of rotatable bonds is 4. The van der Waals surface area contributed by atoms with Crippen molar-refractivity contribution in [2.75, 3.05) is 13.7 Å². The van der Waals surface area contributed by atoms with Crippen molar-refractivity contribution < 1.29 is 4.74 Å². The van der Waals surface area contributed by atoms with E-state index in [1.807, 2.05) is 0 Å². The zero-order valence-corrected chi connectivity index (χ0v) is 8.31. The molecule has 0 heterocycles. The Morgan fingerprint density at radius 2 is 2.00 bits per heavy atom. The first kappa shape index (κ1) is 10.0. The molecule has 0 aliphatic heterocycles. The first-order valence-corrected chi connectivity index (χ1v) is 4.95. The molecule has 1 atom stereocenters. The number of ether oxygens (including phenoxy) is 1. The Balaban J connectivity index is 2.43. The van der Waals surface area contributed by atoms with Crippen LogP contribution < -0.4 is 5.73 Å². The van der Waals surface area contributed by atoms with Crippen LogP contribution in [0.1, 0.15) is 39.0 Å². The second-order valence-corrected chi connectivity index (χ2v) is 4.16. The third-order valence-corrected chi connectivity index (χ3v) is 3.22. The van der Waals surface area contributed by atoms with E-state index in [1.54, 1.807) is 7.11 Å². The summed E-state index contributed by atoms with van der Waals surface area (Å²) in [6, 6.07) is 0. The summed E-state index contributed by atoms with van der Waals surface area (Å²) in [5, 5.41) is 0. The van der Waals surface area contributed by atoms with Gasteiger partial charge in [-0.25, -0.2) is 0 Å². The van der Waals surface area contributed by atoms with Crippen LogP contribution in [0.2, 0.25) is 0 Å². The molecule has 0 saturated heterocycles. The van der Waals surface area contributed by atoms with Gasteiger partial charge in [0, 0.05) is 7.11 Å². The third kappa shape index (κ3) is 2.20. The predicted molar refractivity (Wildman–Crippen MR) is 51.0 cm³/mol. The van der Waals surface area contributed by atoms with Crippen LogP contribution in [0.5, 0.6) is 0 Å². The molecule has 0 aromatic carbocycles. The highest BCUT2D eigenvalue weighted by Gasteiger charge is 2.33. The van der Waals surface area contributed by atoms with E-state index in [0.29, 0.717) is 11.5 Å². The summed E-state index contributed by atoms with van der Waals surface area (Å²) in [6.45, 7) is 2.97. The van der Waals surface area contributed by atoms with Gasteiger partial charge in [0.2, 0.25) is 0 Å². The topological polar surface area (TPSA) is 35.2 Å². The molecule has 1 aliphatic rings. The van der Waals surface area contributed by atoms with E-state index in [0.717, 1.165) is 13.0 Å². The van der Waals surface area contributed by atoms with Crippen molar-refractivity contribution in [2.45, 2.75) is 45.1 Å². The van der Waals surface area contributed by atoms with E-state index in [1.165, 1.54) is 25.7 Å². The molecule has 12 heavy (non-hydrogen) atoms. The summed E-state index contributed by atoms with van der Waals surface area (Å²) < 4.78 is 5.28. The predicted octanol–water partition coefficient (Wildman–Crippen LogP) is 1.93. The van der Waals surface area contributed by atoms with Gasteiger partial charge in [-0.1, -0.05) is 12.8 Å². The maximum atomic E-state index is 5.82. The van der Waals surface area contributed by atoms with Crippen molar-refractivity contribution >= 4 is 0 Å². The normalized spacial score (nSPS) is 24.2. The Hall–Kier alpha value is -0.0800. The quantitative estimate of drug-likeness (QED) is 0.701. The Morgan fingerprint density at radius 3 is 2.42 bits per heavy atom. The standard InChI is InChI=1S/C10H21NO/c1-9(12-2)7-10(8-11)5-3-4-6-10/h9H,3-8,11H2,1-2H3. The minimum atomic E-state index is 0.367. The maximum absolute atomic E-state index is 5.82. The van der Waals surface area contributed by atoms with E-state index in [2.05, 4.69) is 6.92 Å². The smallest absolute Gasteiger partial charge is 0.0549 e. The van der Waals surface area contributed by atoms with Crippen molar-refractivity contribution in [2.24, 2.45) is 11.1 Å². The van der Waals surface area contributed by atoms with Crippen LogP contribution in [0.4, 0.5) is 0 Å². The van der Waals surface area contributed by atoms with Gasteiger partial charge in [-0.3, -0.25) is 0 Å². The Labute approximate surface area is 75.5 Å². The van der Waals surface area contributed by atoms with Gasteiger partial charge in [0.15, 0.2) is 0 Å². The zero-order chi connectivity index (χ0) is 9.03. The zero-order valence-electron chi connectivity index (χ0n) is 8.31. The number of methoxy groups -OCH3 is 1. The molecule has 2 heteroatoms. The molecule has 1 rings (SSSR count). The average Bonchev–Trinajstić information content (AvgIpc) is 2.54. The summed E-state index contributed by atoms with van der Waals surface area (Å²) in [4.78, 5) is 0. The fourth-order valence-corrected chi connectivity index (χ4v) is 2.31. The lowest BCUT2D eigenvalue weighted by Crippen LogP contribution is -2.31. The summed E-state index contributed by atoms with van der Waals surface area (Å²) >= 11 is 0. The van der Waals surface area contributed by atoms with Gasteiger partial charge >= 0.3 is 0 Å². The number of nitrogens with two attached hydrogens (primary N) is 1. The molecular weight excluding hydrogens is 150 g/mol. The summed E-state index contributed by atoms with van der Waals surface area (Å²) in [5.41, 5.74) is 6.23. The van der Waals surface area contributed by atoms with Crippen molar-refractivity contribution in [3.63, 3.8) is 0 Å². The van der Waals surface area contributed by atoms with Crippen LogP contribution in [0.3, 0.4) is 0 Å². The largest absolute Gasteiger partial charge is 0.382 e. The molecule has 2 N–H and O–H groups in total. The SMILES string of the molecule is COC(C)CC1(CN)CCCC1. The van der Waals surface area contributed by atoms with Gasteiger partial charge in [0.05, 0.1) is 6.10 Å². The molecule has 1 saturated carbocycles. The average molecular weight is 171 g/mol. The molecule has 0 aromatic heterocycles. The molecule has 0 spiro atoms. The Bertz CT molecular complexity index is 130. The summed E-state index contributed by atoms with van der Waals surface area (Å²) in [7, 11) is 1.78. The van der Waals surface area contributed by atoms with Gasteiger partial charge in [-0.05, 0) is 38.1 Å². The van der Waals surface area contributed by atoms with Crippen LogP contribution >= 0.6 is 0 Å². The molecular formula is C10H21NO. The molecule has 1 fully saturated rings. The fourth-order valence-electron chi connectivity index (χ4n) is 2.31. The lowest BCUT2D eigenvalue weighted by molar-refractivity contribution is 0.0682. The minimum Gasteiger partial charge on any atom is -0.382 e. The summed E-state index contributed by atoms with van der Waals surface area (Å²) in [6.07, 6.45) is 6.82. The Morgan fingerprint density at radius 1 is 1.42 bits per heavy atom. The molecule has 0 bridgehead atoms. The molecule has 1 unspecified atom stereocenters. The van der Waals surface area contributed by atoms with E-state index in [9.17, 15) is 0 Å². The van der Waals surface area contributed by atoms with Crippen molar-refractivity contribution in [1.82, 2.24) is 0 Å².